The maximum absolute atomic E-state index is 12.1. The first kappa shape index (κ1) is 19.5. The number of carbonyl (C=O) groups excluding carboxylic acids is 3. The summed E-state index contributed by atoms with van der Waals surface area (Å²) in [6.45, 7) is 3.86. The molecule has 0 aromatic heterocycles. The Bertz CT molecular complexity index is 659. The third kappa shape index (κ3) is 5.90. The zero-order chi connectivity index (χ0) is 18.4. The predicted molar refractivity (Wildman–Crippen MR) is 96.6 cm³/mol. The van der Waals surface area contributed by atoms with Gasteiger partial charge in [-0.25, -0.2) is 0 Å². The van der Waals surface area contributed by atoms with Gasteiger partial charge in [0.1, 0.15) is 6.42 Å². The van der Waals surface area contributed by atoms with E-state index in [0.717, 1.165) is 5.56 Å². The summed E-state index contributed by atoms with van der Waals surface area (Å²) in [5.41, 5.74) is 0.887. The second-order valence-corrected chi connectivity index (χ2v) is 6.74. The number of nitrogens with zero attached hydrogens (tertiary/aromatic N) is 2. The number of benzene rings is 1. The molecule has 136 valence electrons. The highest BCUT2D eigenvalue weighted by Gasteiger charge is 2.23. The minimum atomic E-state index is -0.316. The quantitative estimate of drug-likeness (QED) is 0.784. The Morgan fingerprint density at radius 1 is 1.08 bits per heavy atom. The number of rotatable bonds is 5. The molecule has 1 aromatic carbocycles. The maximum Gasteiger partial charge on any atom is 0.232 e. The van der Waals surface area contributed by atoms with E-state index in [1.165, 1.54) is 6.92 Å². The van der Waals surface area contributed by atoms with Crippen LogP contribution in [0.15, 0.2) is 18.2 Å². The molecule has 1 aromatic rings. The third-order valence-electron chi connectivity index (χ3n) is 4.12. The summed E-state index contributed by atoms with van der Waals surface area (Å²) in [5, 5.41) is 3.85. The van der Waals surface area contributed by atoms with Gasteiger partial charge in [-0.3, -0.25) is 14.4 Å². The van der Waals surface area contributed by atoms with Crippen LogP contribution in [-0.2, 0) is 20.8 Å². The average Bonchev–Trinajstić information content (AvgIpc) is 2.57. The standard InChI is InChI=1S/C17H21Cl2N3O3/c1-12(23)21-6-8-22(9-7-21)17(25)11-16(24)20-5-4-13-2-3-14(18)10-15(13)19/h2-3,10H,4-9,11H2,1H3,(H,20,24). The summed E-state index contributed by atoms with van der Waals surface area (Å²) in [6, 6.07) is 5.22. The molecule has 1 saturated heterocycles. The van der Waals surface area contributed by atoms with Crippen LogP contribution < -0.4 is 5.32 Å². The van der Waals surface area contributed by atoms with Gasteiger partial charge in [0.25, 0.3) is 0 Å². The van der Waals surface area contributed by atoms with Gasteiger partial charge in [-0.15, -0.1) is 0 Å². The third-order valence-corrected chi connectivity index (χ3v) is 4.71. The van der Waals surface area contributed by atoms with Crippen LogP contribution in [0, 0.1) is 0 Å². The lowest BCUT2D eigenvalue weighted by molar-refractivity contribution is -0.141. The molecule has 6 nitrogen and oxygen atoms in total. The SMILES string of the molecule is CC(=O)N1CCN(C(=O)CC(=O)NCCc2ccc(Cl)cc2Cl)CC1. The molecule has 25 heavy (non-hydrogen) atoms. The molecule has 0 atom stereocenters. The fourth-order valence-electron chi connectivity index (χ4n) is 2.64. The lowest BCUT2D eigenvalue weighted by Gasteiger charge is -2.34. The van der Waals surface area contributed by atoms with Crippen molar-refractivity contribution in [1.82, 2.24) is 15.1 Å². The monoisotopic (exact) mass is 385 g/mol. The van der Waals surface area contributed by atoms with Gasteiger partial charge in [0, 0.05) is 49.7 Å². The van der Waals surface area contributed by atoms with E-state index in [-0.39, 0.29) is 24.1 Å². The van der Waals surface area contributed by atoms with Crippen molar-refractivity contribution >= 4 is 40.9 Å². The van der Waals surface area contributed by atoms with Crippen molar-refractivity contribution in [3.63, 3.8) is 0 Å². The molecule has 0 unspecified atom stereocenters. The molecule has 1 aliphatic heterocycles. The van der Waals surface area contributed by atoms with Crippen molar-refractivity contribution < 1.29 is 14.4 Å². The molecule has 1 aliphatic rings. The highest BCUT2D eigenvalue weighted by molar-refractivity contribution is 6.35. The van der Waals surface area contributed by atoms with Gasteiger partial charge in [0.15, 0.2) is 0 Å². The van der Waals surface area contributed by atoms with E-state index >= 15 is 0 Å². The van der Waals surface area contributed by atoms with Crippen LogP contribution in [0.5, 0.6) is 0 Å². The van der Waals surface area contributed by atoms with Crippen LogP contribution in [0.2, 0.25) is 10.0 Å². The molecule has 0 saturated carbocycles. The van der Waals surface area contributed by atoms with Crippen molar-refractivity contribution in [1.29, 1.82) is 0 Å². The summed E-state index contributed by atoms with van der Waals surface area (Å²) in [5.74, 6) is -0.528. The fourth-order valence-corrected chi connectivity index (χ4v) is 3.15. The highest BCUT2D eigenvalue weighted by Crippen LogP contribution is 2.21. The van der Waals surface area contributed by atoms with Gasteiger partial charge < -0.3 is 15.1 Å². The Labute approximate surface area is 157 Å². The Balaban J connectivity index is 1.71. The molecule has 8 heteroatoms. The van der Waals surface area contributed by atoms with E-state index in [2.05, 4.69) is 5.32 Å². The molecule has 3 amide bonds. The minimum Gasteiger partial charge on any atom is -0.355 e. The normalized spacial score (nSPS) is 14.4. The summed E-state index contributed by atoms with van der Waals surface area (Å²) in [7, 11) is 0. The van der Waals surface area contributed by atoms with Crippen molar-refractivity contribution in [3.8, 4) is 0 Å². The smallest absolute Gasteiger partial charge is 0.232 e. The molecule has 2 rings (SSSR count). The Hall–Kier alpha value is -1.79. The first-order valence-electron chi connectivity index (χ1n) is 8.10. The predicted octanol–water partition coefficient (Wildman–Crippen LogP) is 1.73. The molecular formula is C17H21Cl2N3O3. The molecule has 0 radical (unpaired) electrons. The van der Waals surface area contributed by atoms with E-state index in [9.17, 15) is 14.4 Å². The first-order chi connectivity index (χ1) is 11.9. The van der Waals surface area contributed by atoms with Gasteiger partial charge in [-0.05, 0) is 24.1 Å². The summed E-state index contributed by atoms with van der Waals surface area (Å²) in [4.78, 5) is 38.6. The highest BCUT2D eigenvalue weighted by atomic mass is 35.5. The number of carbonyl (C=O) groups is 3. The van der Waals surface area contributed by atoms with Crippen molar-refractivity contribution in [2.45, 2.75) is 19.8 Å². The van der Waals surface area contributed by atoms with E-state index in [4.69, 9.17) is 23.2 Å². The minimum absolute atomic E-state index is 0.00528. The van der Waals surface area contributed by atoms with E-state index in [0.29, 0.717) is 49.2 Å². The summed E-state index contributed by atoms with van der Waals surface area (Å²) < 4.78 is 0. The Morgan fingerprint density at radius 2 is 1.72 bits per heavy atom. The van der Waals surface area contributed by atoms with E-state index in [1.807, 2.05) is 6.07 Å². The summed E-state index contributed by atoms with van der Waals surface area (Å²) >= 11 is 11.9. The largest absolute Gasteiger partial charge is 0.355 e. The molecule has 0 bridgehead atoms. The Morgan fingerprint density at radius 3 is 2.32 bits per heavy atom. The van der Waals surface area contributed by atoms with E-state index < -0.39 is 0 Å². The van der Waals surface area contributed by atoms with Crippen LogP contribution in [0.4, 0.5) is 0 Å². The number of halogens is 2. The number of hydrogen-bond acceptors (Lipinski definition) is 3. The molecule has 1 fully saturated rings. The molecule has 0 spiro atoms. The van der Waals surface area contributed by atoms with E-state index in [1.54, 1.807) is 21.9 Å². The fraction of sp³-hybridized carbons (Fsp3) is 0.471. The lowest BCUT2D eigenvalue weighted by Crippen LogP contribution is -2.50. The van der Waals surface area contributed by atoms with Crippen LogP contribution in [0.1, 0.15) is 18.9 Å². The molecular weight excluding hydrogens is 365 g/mol. The van der Waals surface area contributed by atoms with Crippen LogP contribution in [0.3, 0.4) is 0 Å². The average molecular weight is 386 g/mol. The van der Waals surface area contributed by atoms with Crippen LogP contribution in [-0.4, -0.2) is 60.2 Å². The lowest BCUT2D eigenvalue weighted by atomic mass is 10.1. The van der Waals surface area contributed by atoms with Gasteiger partial charge in [-0.1, -0.05) is 29.3 Å². The Kier molecular flexibility index (Phi) is 7.08. The van der Waals surface area contributed by atoms with Crippen molar-refractivity contribution in [2.75, 3.05) is 32.7 Å². The van der Waals surface area contributed by atoms with Gasteiger partial charge in [0.2, 0.25) is 17.7 Å². The number of hydrogen-bond donors (Lipinski definition) is 1. The molecule has 1 N–H and O–H groups in total. The molecule has 1 heterocycles. The summed E-state index contributed by atoms with van der Waals surface area (Å²) in [6.07, 6.45) is 0.377. The number of nitrogens with one attached hydrogen (secondary N) is 1. The zero-order valence-electron chi connectivity index (χ0n) is 14.1. The topological polar surface area (TPSA) is 69.7 Å². The van der Waals surface area contributed by atoms with Crippen molar-refractivity contribution in [3.05, 3.63) is 33.8 Å². The van der Waals surface area contributed by atoms with Crippen LogP contribution in [0.25, 0.3) is 0 Å². The zero-order valence-corrected chi connectivity index (χ0v) is 15.6. The van der Waals surface area contributed by atoms with Gasteiger partial charge >= 0.3 is 0 Å². The van der Waals surface area contributed by atoms with Gasteiger partial charge in [-0.2, -0.15) is 0 Å². The first-order valence-corrected chi connectivity index (χ1v) is 8.86. The number of amides is 3. The van der Waals surface area contributed by atoms with Gasteiger partial charge in [0.05, 0.1) is 0 Å². The number of piperazine rings is 1. The van der Waals surface area contributed by atoms with Crippen LogP contribution >= 0.6 is 23.2 Å². The second-order valence-electron chi connectivity index (χ2n) is 5.90. The molecule has 0 aliphatic carbocycles. The second kappa shape index (κ2) is 9.06. The van der Waals surface area contributed by atoms with Crippen molar-refractivity contribution in [2.24, 2.45) is 0 Å². The maximum atomic E-state index is 12.1.